The Hall–Kier alpha value is -0.570. The van der Waals surface area contributed by atoms with E-state index in [0.717, 1.165) is 0 Å². The summed E-state index contributed by atoms with van der Waals surface area (Å²) in [5, 5.41) is 0. The first-order chi connectivity index (χ1) is 5.45. The van der Waals surface area contributed by atoms with E-state index >= 15 is 0 Å². The van der Waals surface area contributed by atoms with E-state index in [9.17, 15) is 4.79 Å². The summed E-state index contributed by atoms with van der Waals surface area (Å²) in [4.78, 5) is 10.8. The fourth-order valence-corrected chi connectivity index (χ4v) is 0.674. The van der Waals surface area contributed by atoms with Crippen LogP contribution in [0.4, 0.5) is 0 Å². The number of ether oxygens (including phenoxy) is 2. The fraction of sp³-hybridized carbons (Fsp3) is 0.889. The van der Waals surface area contributed by atoms with Gasteiger partial charge in [0, 0.05) is 0 Å². The first-order valence-corrected chi connectivity index (χ1v) is 4.25. The molecular formula is C9H18O3. The summed E-state index contributed by atoms with van der Waals surface area (Å²) >= 11 is 0. The van der Waals surface area contributed by atoms with E-state index < -0.39 is 0 Å². The Morgan fingerprint density at radius 1 is 1.33 bits per heavy atom. The number of esters is 1. The van der Waals surface area contributed by atoms with Crippen LogP contribution in [-0.2, 0) is 14.3 Å². The highest BCUT2D eigenvalue weighted by Gasteiger charge is 2.10. The predicted octanol–water partition coefficient (Wildman–Crippen LogP) is 1.75. The van der Waals surface area contributed by atoms with Gasteiger partial charge in [-0.3, -0.25) is 4.79 Å². The zero-order valence-corrected chi connectivity index (χ0v) is 8.35. The van der Waals surface area contributed by atoms with Crippen LogP contribution in [0.1, 0.15) is 34.1 Å². The van der Waals surface area contributed by atoms with Gasteiger partial charge in [-0.05, 0) is 27.7 Å². The SMILES string of the molecule is CCOC(=O)CCOC(C)(C)C. The van der Waals surface area contributed by atoms with Crippen molar-refractivity contribution in [2.24, 2.45) is 0 Å². The molecule has 0 rings (SSSR count). The lowest BCUT2D eigenvalue weighted by Crippen LogP contribution is -2.21. The molecule has 0 aliphatic rings. The molecule has 0 atom stereocenters. The fourth-order valence-electron chi connectivity index (χ4n) is 0.674. The Bertz CT molecular complexity index is 135. The molecule has 0 unspecified atom stereocenters. The van der Waals surface area contributed by atoms with Crippen LogP contribution in [0, 0.1) is 0 Å². The second-order valence-electron chi connectivity index (χ2n) is 3.52. The maximum Gasteiger partial charge on any atom is 0.308 e. The molecular weight excluding hydrogens is 156 g/mol. The molecule has 0 amide bonds. The summed E-state index contributed by atoms with van der Waals surface area (Å²) < 4.78 is 10.1. The molecule has 0 fully saturated rings. The summed E-state index contributed by atoms with van der Waals surface area (Å²) in [7, 11) is 0. The molecule has 0 aromatic rings. The molecule has 0 bridgehead atoms. The number of rotatable bonds is 4. The predicted molar refractivity (Wildman–Crippen MR) is 47.0 cm³/mol. The van der Waals surface area contributed by atoms with Gasteiger partial charge in [-0.1, -0.05) is 0 Å². The highest BCUT2D eigenvalue weighted by molar-refractivity contribution is 5.69. The minimum Gasteiger partial charge on any atom is -0.466 e. The van der Waals surface area contributed by atoms with Crippen LogP contribution < -0.4 is 0 Å². The molecule has 3 heteroatoms. The first kappa shape index (κ1) is 11.4. The summed E-state index contributed by atoms with van der Waals surface area (Å²) in [6.07, 6.45) is 0.338. The molecule has 0 N–H and O–H groups in total. The third kappa shape index (κ3) is 7.54. The molecule has 0 aliphatic heterocycles. The van der Waals surface area contributed by atoms with Crippen molar-refractivity contribution in [3.63, 3.8) is 0 Å². The van der Waals surface area contributed by atoms with Crippen molar-refractivity contribution in [2.45, 2.75) is 39.7 Å². The van der Waals surface area contributed by atoms with Crippen molar-refractivity contribution in [1.82, 2.24) is 0 Å². The largest absolute Gasteiger partial charge is 0.466 e. The third-order valence-electron chi connectivity index (χ3n) is 1.15. The van der Waals surface area contributed by atoms with Crippen LogP contribution in [0.5, 0.6) is 0 Å². The van der Waals surface area contributed by atoms with E-state index in [2.05, 4.69) is 0 Å². The zero-order chi connectivity index (χ0) is 9.61. The Labute approximate surface area is 74.0 Å². The lowest BCUT2D eigenvalue weighted by molar-refractivity contribution is -0.145. The van der Waals surface area contributed by atoms with Crippen LogP contribution >= 0.6 is 0 Å². The number of carbonyl (C=O) groups is 1. The van der Waals surface area contributed by atoms with Crippen LogP contribution in [0.2, 0.25) is 0 Å². The van der Waals surface area contributed by atoms with Crippen LogP contribution in [-0.4, -0.2) is 24.8 Å². The van der Waals surface area contributed by atoms with E-state index in [1.165, 1.54) is 0 Å². The molecule has 72 valence electrons. The van der Waals surface area contributed by atoms with E-state index in [4.69, 9.17) is 9.47 Å². The highest BCUT2D eigenvalue weighted by atomic mass is 16.5. The van der Waals surface area contributed by atoms with E-state index in [-0.39, 0.29) is 11.6 Å². The van der Waals surface area contributed by atoms with Gasteiger partial charge < -0.3 is 9.47 Å². The summed E-state index contributed by atoms with van der Waals surface area (Å²) in [6, 6.07) is 0. The van der Waals surface area contributed by atoms with Gasteiger partial charge in [0.15, 0.2) is 0 Å². The smallest absolute Gasteiger partial charge is 0.308 e. The summed E-state index contributed by atoms with van der Waals surface area (Å²) in [5.74, 6) is -0.193. The van der Waals surface area contributed by atoms with Gasteiger partial charge in [0.1, 0.15) is 0 Å². The van der Waals surface area contributed by atoms with E-state index in [1.807, 2.05) is 20.8 Å². The van der Waals surface area contributed by atoms with Gasteiger partial charge >= 0.3 is 5.97 Å². The molecule has 0 aromatic heterocycles. The van der Waals surface area contributed by atoms with E-state index in [1.54, 1.807) is 6.92 Å². The van der Waals surface area contributed by atoms with Gasteiger partial charge in [0.25, 0.3) is 0 Å². The van der Waals surface area contributed by atoms with Crippen molar-refractivity contribution in [3.05, 3.63) is 0 Å². The number of hydrogen-bond donors (Lipinski definition) is 0. The Morgan fingerprint density at radius 3 is 2.33 bits per heavy atom. The van der Waals surface area contributed by atoms with E-state index in [0.29, 0.717) is 19.6 Å². The van der Waals surface area contributed by atoms with Gasteiger partial charge in [-0.2, -0.15) is 0 Å². The van der Waals surface area contributed by atoms with Crippen molar-refractivity contribution < 1.29 is 14.3 Å². The molecule has 12 heavy (non-hydrogen) atoms. The topological polar surface area (TPSA) is 35.5 Å². The van der Waals surface area contributed by atoms with Crippen LogP contribution in [0.3, 0.4) is 0 Å². The van der Waals surface area contributed by atoms with Crippen molar-refractivity contribution in [1.29, 1.82) is 0 Å². The van der Waals surface area contributed by atoms with Gasteiger partial charge in [-0.15, -0.1) is 0 Å². The van der Waals surface area contributed by atoms with Gasteiger partial charge in [0.2, 0.25) is 0 Å². The van der Waals surface area contributed by atoms with Crippen LogP contribution in [0.25, 0.3) is 0 Å². The van der Waals surface area contributed by atoms with Gasteiger partial charge in [-0.25, -0.2) is 0 Å². The second-order valence-corrected chi connectivity index (χ2v) is 3.52. The molecule has 0 saturated heterocycles. The first-order valence-electron chi connectivity index (χ1n) is 4.25. The molecule has 0 radical (unpaired) electrons. The summed E-state index contributed by atoms with van der Waals surface area (Å²) in [5.41, 5.74) is -0.174. The molecule has 0 aromatic carbocycles. The Balaban J connectivity index is 3.37. The minimum absolute atomic E-state index is 0.174. The monoisotopic (exact) mass is 174 g/mol. The van der Waals surface area contributed by atoms with Crippen LogP contribution in [0.15, 0.2) is 0 Å². The Morgan fingerprint density at radius 2 is 1.92 bits per heavy atom. The van der Waals surface area contributed by atoms with Crippen molar-refractivity contribution >= 4 is 5.97 Å². The molecule has 0 saturated carbocycles. The quantitative estimate of drug-likeness (QED) is 0.609. The molecule has 0 spiro atoms. The number of hydrogen-bond acceptors (Lipinski definition) is 3. The Kier molecular flexibility index (Phi) is 4.90. The van der Waals surface area contributed by atoms with Gasteiger partial charge in [0.05, 0.1) is 25.2 Å². The normalized spacial score (nSPS) is 11.3. The lowest BCUT2D eigenvalue weighted by atomic mass is 10.2. The second kappa shape index (κ2) is 5.14. The maximum absolute atomic E-state index is 10.8. The van der Waals surface area contributed by atoms with Crippen molar-refractivity contribution in [3.8, 4) is 0 Å². The average Bonchev–Trinajstić information content (AvgIpc) is 1.84. The lowest BCUT2D eigenvalue weighted by Gasteiger charge is -2.18. The zero-order valence-electron chi connectivity index (χ0n) is 8.35. The molecule has 0 aliphatic carbocycles. The summed E-state index contributed by atoms with van der Waals surface area (Å²) in [6.45, 7) is 8.54. The third-order valence-corrected chi connectivity index (χ3v) is 1.15. The maximum atomic E-state index is 10.8. The standard InChI is InChI=1S/C9H18O3/c1-5-11-8(10)6-7-12-9(2,3)4/h5-7H2,1-4H3. The average molecular weight is 174 g/mol. The molecule has 3 nitrogen and oxygen atoms in total. The number of carbonyl (C=O) groups excluding carboxylic acids is 1. The minimum atomic E-state index is -0.193. The van der Waals surface area contributed by atoms with Crippen molar-refractivity contribution in [2.75, 3.05) is 13.2 Å². The highest BCUT2D eigenvalue weighted by Crippen LogP contribution is 2.06. The molecule has 0 heterocycles.